The second-order valence-electron chi connectivity index (χ2n) is 5.55. The Morgan fingerprint density at radius 3 is 2.31 bits per heavy atom. The predicted octanol–water partition coefficient (Wildman–Crippen LogP) is 3.50. The Hall–Kier alpha value is -2.55. The van der Waals surface area contributed by atoms with Crippen molar-refractivity contribution in [2.75, 3.05) is 22.4 Å². The molecule has 0 spiro atoms. The van der Waals surface area contributed by atoms with Crippen molar-refractivity contribution in [1.29, 1.82) is 0 Å². The minimum Gasteiger partial charge on any atom is -0.326 e. The van der Waals surface area contributed by atoms with Crippen LogP contribution in [0, 0.1) is 0 Å². The number of anilines is 2. The van der Waals surface area contributed by atoms with E-state index < -0.39 is 27.7 Å². The number of benzene rings is 2. The maximum atomic E-state index is 12.9. The first kappa shape index (κ1) is 19.8. The third-order valence-electron chi connectivity index (χ3n) is 3.46. The number of hydrogen-bond acceptors (Lipinski definition) is 3. The summed E-state index contributed by atoms with van der Waals surface area (Å²) in [5, 5.41) is 2.60. The molecule has 0 atom stereocenters. The molecule has 0 aliphatic heterocycles. The highest BCUT2D eigenvalue weighted by molar-refractivity contribution is 7.92. The molecule has 0 saturated heterocycles. The van der Waals surface area contributed by atoms with Crippen LogP contribution in [0.25, 0.3) is 0 Å². The fourth-order valence-corrected chi connectivity index (χ4v) is 3.19. The number of amides is 1. The smallest absolute Gasteiger partial charge is 0.326 e. The molecule has 5 nitrogen and oxygen atoms in total. The van der Waals surface area contributed by atoms with Gasteiger partial charge < -0.3 is 5.32 Å². The van der Waals surface area contributed by atoms with E-state index in [1.165, 1.54) is 6.07 Å². The van der Waals surface area contributed by atoms with Gasteiger partial charge in [-0.25, -0.2) is 8.42 Å². The first-order chi connectivity index (χ1) is 12.1. The van der Waals surface area contributed by atoms with Crippen LogP contribution < -0.4 is 9.62 Å². The Bertz CT molecular complexity index is 868. The minimum absolute atomic E-state index is 0.144. The molecule has 0 fully saturated rings. The van der Waals surface area contributed by atoms with E-state index in [1.807, 2.05) is 0 Å². The maximum absolute atomic E-state index is 12.9. The van der Waals surface area contributed by atoms with Crippen LogP contribution in [0.2, 0.25) is 0 Å². The van der Waals surface area contributed by atoms with E-state index in [1.54, 1.807) is 30.3 Å². The molecule has 0 aromatic heterocycles. The summed E-state index contributed by atoms with van der Waals surface area (Å²) < 4.78 is 63.3. The molecule has 0 heterocycles. The second-order valence-corrected chi connectivity index (χ2v) is 7.45. The van der Waals surface area contributed by atoms with Gasteiger partial charge in [0.05, 0.1) is 17.5 Å². The Morgan fingerprint density at radius 2 is 1.73 bits per heavy atom. The van der Waals surface area contributed by atoms with Crippen molar-refractivity contribution >= 4 is 27.3 Å². The zero-order chi connectivity index (χ0) is 19.4. The van der Waals surface area contributed by atoms with Crippen molar-refractivity contribution in [3.8, 4) is 0 Å². The molecule has 0 radical (unpaired) electrons. The van der Waals surface area contributed by atoms with Crippen molar-refractivity contribution in [3.05, 3.63) is 60.2 Å². The quantitative estimate of drug-likeness (QED) is 0.826. The molecule has 26 heavy (non-hydrogen) atoms. The summed E-state index contributed by atoms with van der Waals surface area (Å²) in [4.78, 5) is 12.0. The van der Waals surface area contributed by atoms with E-state index >= 15 is 0 Å². The second kappa shape index (κ2) is 7.77. The number of nitrogens with zero attached hydrogens (tertiary/aromatic N) is 1. The fourth-order valence-electron chi connectivity index (χ4n) is 2.27. The number of carbonyl (C=O) groups is 1. The van der Waals surface area contributed by atoms with Gasteiger partial charge >= 0.3 is 6.18 Å². The molecule has 2 aromatic carbocycles. The SMILES string of the molecule is CS(=O)(=O)N(CCC(=O)Nc1ccccc1)c1cccc(C(F)(F)F)c1. The van der Waals surface area contributed by atoms with Gasteiger partial charge in [-0.1, -0.05) is 24.3 Å². The lowest BCUT2D eigenvalue weighted by molar-refractivity contribution is -0.137. The number of alkyl halides is 3. The average molecular weight is 386 g/mol. The first-order valence-electron chi connectivity index (χ1n) is 7.57. The van der Waals surface area contributed by atoms with E-state index in [0.717, 1.165) is 28.8 Å². The third-order valence-corrected chi connectivity index (χ3v) is 4.66. The minimum atomic E-state index is -4.59. The van der Waals surface area contributed by atoms with E-state index in [0.29, 0.717) is 5.69 Å². The molecule has 140 valence electrons. The van der Waals surface area contributed by atoms with Crippen molar-refractivity contribution in [2.45, 2.75) is 12.6 Å². The Labute approximate surface area is 149 Å². The molecule has 2 rings (SSSR count). The standard InChI is InChI=1S/C17H17F3N2O3S/c1-26(24,25)22(15-9-5-6-13(12-15)17(18,19)20)11-10-16(23)21-14-7-3-2-4-8-14/h2-9,12H,10-11H2,1H3,(H,21,23). The van der Waals surface area contributed by atoms with Gasteiger partial charge in [0.1, 0.15) is 0 Å². The molecule has 2 aromatic rings. The lowest BCUT2D eigenvalue weighted by Gasteiger charge is -2.23. The normalized spacial score (nSPS) is 11.8. The summed E-state index contributed by atoms with van der Waals surface area (Å²) >= 11 is 0. The highest BCUT2D eigenvalue weighted by Gasteiger charge is 2.31. The van der Waals surface area contributed by atoms with Gasteiger partial charge in [0, 0.05) is 18.7 Å². The number of hydrogen-bond donors (Lipinski definition) is 1. The molecule has 0 saturated carbocycles. The van der Waals surface area contributed by atoms with Crippen molar-refractivity contribution in [1.82, 2.24) is 0 Å². The van der Waals surface area contributed by atoms with E-state index in [9.17, 15) is 26.4 Å². The lowest BCUT2D eigenvalue weighted by Crippen LogP contribution is -2.33. The number of carbonyl (C=O) groups excluding carboxylic acids is 1. The van der Waals surface area contributed by atoms with Crippen LogP contribution in [0.4, 0.5) is 24.5 Å². The molecule has 0 aliphatic carbocycles. The maximum Gasteiger partial charge on any atom is 0.416 e. The van der Waals surface area contributed by atoms with Gasteiger partial charge in [-0.15, -0.1) is 0 Å². The molecular weight excluding hydrogens is 369 g/mol. The summed E-state index contributed by atoms with van der Waals surface area (Å²) in [5.74, 6) is -0.447. The predicted molar refractivity (Wildman–Crippen MR) is 93.3 cm³/mol. The number of halogens is 3. The molecule has 1 amide bonds. The molecule has 0 unspecified atom stereocenters. The van der Waals surface area contributed by atoms with Crippen molar-refractivity contribution in [3.63, 3.8) is 0 Å². The largest absolute Gasteiger partial charge is 0.416 e. The van der Waals surface area contributed by atoms with E-state index in [2.05, 4.69) is 5.32 Å². The van der Waals surface area contributed by atoms with Crippen LogP contribution >= 0.6 is 0 Å². The Morgan fingerprint density at radius 1 is 1.08 bits per heavy atom. The number of para-hydroxylation sites is 1. The summed E-state index contributed by atoms with van der Waals surface area (Å²) in [6.45, 7) is -0.279. The van der Waals surface area contributed by atoms with E-state index in [4.69, 9.17) is 0 Å². The van der Waals surface area contributed by atoms with Gasteiger partial charge in [-0.2, -0.15) is 13.2 Å². The van der Waals surface area contributed by atoms with Crippen molar-refractivity contribution in [2.24, 2.45) is 0 Å². The van der Waals surface area contributed by atoms with E-state index in [-0.39, 0.29) is 18.7 Å². The topological polar surface area (TPSA) is 66.5 Å². The number of sulfonamides is 1. The molecular formula is C17H17F3N2O3S. The van der Waals surface area contributed by atoms with Gasteiger partial charge in [0.15, 0.2) is 0 Å². The summed E-state index contributed by atoms with van der Waals surface area (Å²) in [7, 11) is -3.86. The highest BCUT2D eigenvalue weighted by Crippen LogP contribution is 2.32. The van der Waals surface area contributed by atoms with Crippen LogP contribution in [0.5, 0.6) is 0 Å². The van der Waals surface area contributed by atoms with Gasteiger partial charge in [-0.3, -0.25) is 9.10 Å². The highest BCUT2D eigenvalue weighted by atomic mass is 32.2. The van der Waals surface area contributed by atoms with Crippen LogP contribution in [0.15, 0.2) is 54.6 Å². The first-order valence-corrected chi connectivity index (χ1v) is 9.42. The third kappa shape index (κ3) is 5.48. The molecule has 9 heteroatoms. The summed E-state index contributed by atoms with van der Waals surface area (Å²) in [5.41, 5.74) is -0.560. The lowest BCUT2D eigenvalue weighted by atomic mass is 10.2. The monoisotopic (exact) mass is 386 g/mol. The van der Waals surface area contributed by atoms with Crippen LogP contribution in [0.3, 0.4) is 0 Å². The van der Waals surface area contributed by atoms with Crippen LogP contribution in [-0.4, -0.2) is 27.1 Å². The molecule has 1 N–H and O–H groups in total. The Kier molecular flexibility index (Phi) is 5.91. The average Bonchev–Trinajstić information content (AvgIpc) is 2.54. The van der Waals surface area contributed by atoms with Gasteiger partial charge in [-0.05, 0) is 30.3 Å². The summed E-state index contributed by atoms with van der Waals surface area (Å²) in [6, 6.07) is 12.5. The zero-order valence-corrected chi connectivity index (χ0v) is 14.6. The van der Waals surface area contributed by atoms with Crippen LogP contribution in [-0.2, 0) is 21.0 Å². The molecule has 0 bridgehead atoms. The number of rotatable bonds is 6. The van der Waals surface area contributed by atoms with Crippen LogP contribution in [0.1, 0.15) is 12.0 Å². The van der Waals surface area contributed by atoms with Gasteiger partial charge in [0.25, 0.3) is 0 Å². The molecule has 0 aliphatic rings. The fraction of sp³-hybridized carbons (Fsp3) is 0.235. The summed E-state index contributed by atoms with van der Waals surface area (Å²) in [6.07, 6.45) is -3.93. The van der Waals surface area contributed by atoms with Gasteiger partial charge in [0.2, 0.25) is 15.9 Å². The number of nitrogens with one attached hydrogen (secondary N) is 1. The zero-order valence-electron chi connectivity index (χ0n) is 13.8. The Balaban J connectivity index is 2.15. The van der Waals surface area contributed by atoms with Crippen molar-refractivity contribution < 1.29 is 26.4 Å².